The molecule has 0 aliphatic heterocycles. The van der Waals surface area contributed by atoms with Crippen LogP contribution >= 0.6 is 0 Å². The van der Waals surface area contributed by atoms with Crippen molar-refractivity contribution in [2.24, 2.45) is 0 Å². The van der Waals surface area contributed by atoms with Gasteiger partial charge in [0.1, 0.15) is 5.75 Å². The molecule has 1 aliphatic carbocycles. The number of rotatable bonds is 1. The number of nitrogens with zero attached hydrogens (tertiary/aromatic N) is 1. The van der Waals surface area contributed by atoms with Crippen LogP contribution in [0, 0.1) is 11.3 Å². The maximum absolute atomic E-state index is 8.94. The molecular weight excluding hydrogens is 174 g/mol. The fourth-order valence-electron chi connectivity index (χ4n) is 1.82. The molecule has 1 atom stereocenters. The zero-order valence-electron chi connectivity index (χ0n) is 8.24. The van der Waals surface area contributed by atoms with Gasteiger partial charge in [0.15, 0.2) is 0 Å². The first-order chi connectivity index (χ1) is 6.76. The van der Waals surface area contributed by atoms with E-state index in [-0.39, 0.29) is 0 Å². The number of ether oxygens (including phenoxy) is 1. The van der Waals surface area contributed by atoms with E-state index in [2.05, 4.69) is 13.0 Å². The Morgan fingerprint density at radius 2 is 2.21 bits per heavy atom. The van der Waals surface area contributed by atoms with Gasteiger partial charge in [-0.1, -0.05) is 19.1 Å². The molecule has 1 unspecified atom stereocenters. The van der Waals surface area contributed by atoms with Gasteiger partial charge in [-0.3, -0.25) is 0 Å². The van der Waals surface area contributed by atoms with E-state index < -0.39 is 0 Å². The Bertz CT molecular complexity index is 440. The van der Waals surface area contributed by atoms with Crippen LogP contribution in [-0.2, 0) is 0 Å². The van der Waals surface area contributed by atoms with Gasteiger partial charge in [-0.15, -0.1) is 0 Å². The van der Waals surface area contributed by atoms with Crippen molar-refractivity contribution in [2.75, 3.05) is 7.11 Å². The van der Waals surface area contributed by atoms with Gasteiger partial charge in [-0.25, -0.2) is 0 Å². The van der Waals surface area contributed by atoms with Crippen molar-refractivity contribution in [3.8, 4) is 11.8 Å². The highest BCUT2D eigenvalue weighted by Gasteiger charge is 2.20. The zero-order chi connectivity index (χ0) is 10.1. The normalized spacial score (nSPS) is 18.4. The molecule has 2 heteroatoms. The largest absolute Gasteiger partial charge is 0.497 e. The highest BCUT2D eigenvalue weighted by atomic mass is 16.5. The lowest BCUT2D eigenvalue weighted by atomic mass is 10.0. The number of methoxy groups -OCH3 is 1. The van der Waals surface area contributed by atoms with Crippen molar-refractivity contribution in [3.63, 3.8) is 0 Å². The van der Waals surface area contributed by atoms with Crippen LogP contribution in [-0.4, -0.2) is 7.11 Å². The summed E-state index contributed by atoms with van der Waals surface area (Å²) in [4.78, 5) is 0. The topological polar surface area (TPSA) is 33.0 Å². The molecule has 0 N–H and O–H groups in total. The molecule has 0 spiro atoms. The van der Waals surface area contributed by atoms with Crippen molar-refractivity contribution in [3.05, 3.63) is 35.4 Å². The second kappa shape index (κ2) is 3.19. The van der Waals surface area contributed by atoms with Gasteiger partial charge in [0.05, 0.1) is 18.8 Å². The molecule has 0 saturated carbocycles. The van der Waals surface area contributed by atoms with Gasteiger partial charge in [0, 0.05) is 5.92 Å². The summed E-state index contributed by atoms with van der Waals surface area (Å²) in [5, 5.41) is 8.94. The molecule has 1 aromatic rings. The molecule has 0 saturated heterocycles. The molecule has 0 radical (unpaired) electrons. The summed E-state index contributed by atoms with van der Waals surface area (Å²) in [6.45, 7) is 2.09. The first kappa shape index (κ1) is 8.83. The highest BCUT2D eigenvalue weighted by Crippen LogP contribution is 2.37. The van der Waals surface area contributed by atoms with Crippen LogP contribution < -0.4 is 4.74 Å². The molecule has 70 valence electrons. The number of benzene rings is 1. The second-order valence-corrected chi connectivity index (χ2v) is 3.43. The van der Waals surface area contributed by atoms with E-state index in [4.69, 9.17) is 10.00 Å². The summed E-state index contributed by atoms with van der Waals surface area (Å²) in [6.07, 6.45) is 1.99. The molecular formula is C12H11NO. The van der Waals surface area contributed by atoms with Crippen molar-refractivity contribution < 1.29 is 4.74 Å². The first-order valence-corrected chi connectivity index (χ1v) is 4.56. The quantitative estimate of drug-likeness (QED) is 0.674. The van der Waals surface area contributed by atoms with Gasteiger partial charge >= 0.3 is 0 Å². The maximum Gasteiger partial charge on any atom is 0.119 e. The molecule has 14 heavy (non-hydrogen) atoms. The fourth-order valence-corrected chi connectivity index (χ4v) is 1.82. The Kier molecular flexibility index (Phi) is 2.01. The third-order valence-electron chi connectivity index (χ3n) is 2.58. The van der Waals surface area contributed by atoms with Gasteiger partial charge in [0.25, 0.3) is 0 Å². The van der Waals surface area contributed by atoms with E-state index in [9.17, 15) is 0 Å². The van der Waals surface area contributed by atoms with Crippen LogP contribution in [0.5, 0.6) is 5.75 Å². The summed E-state index contributed by atoms with van der Waals surface area (Å²) in [5.74, 6) is 1.14. The van der Waals surface area contributed by atoms with Gasteiger partial charge < -0.3 is 4.74 Å². The average Bonchev–Trinajstić information content (AvgIpc) is 2.55. The molecule has 0 aromatic heterocycles. The summed E-state index contributed by atoms with van der Waals surface area (Å²) >= 11 is 0. The predicted molar refractivity (Wildman–Crippen MR) is 55.0 cm³/mol. The van der Waals surface area contributed by atoms with Gasteiger partial charge in [-0.05, 0) is 23.3 Å². The minimum absolute atomic E-state index is 0.338. The Morgan fingerprint density at radius 3 is 2.86 bits per heavy atom. The van der Waals surface area contributed by atoms with Gasteiger partial charge in [-0.2, -0.15) is 5.26 Å². The molecule has 2 nitrogen and oxygen atoms in total. The lowest BCUT2D eigenvalue weighted by Gasteiger charge is -2.06. The fraction of sp³-hybridized carbons (Fsp3) is 0.250. The van der Waals surface area contributed by atoms with Crippen LogP contribution in [0.2, 0.25) is 0 Å². The summed E-state index contributed by atoms with van der Waals surface area (Å²) < 4.78 is 5.13. The second-order valence-electron chi connectivity index (χ2n) is 3.43. The minimum atomic E-state index is 0.338. The smallest absolute Gasteiger partial charge is 0.119 e. The van der Waals surface area contributed by atoms with Crippen LogP contribution in [0.4, 0.5) is 0 Å². The van der Waals surface area contributed by atoms with Crippen LogP contribution in [0.15, 0.2) is 24.3 Å². The maximum atomic E-state index is 8.94. The summed E-state index contributed by atoms with van der Waals surface area (Å²) in [5.41, 5.74) is 2.98. The third-order valence-corrected chi connectivity index (χ3v) is 2.58. The van der Waals surface area contributed by atoms with E-state index >= 15 is 0 Å². The average molecular weight is 185 g/mol. The number of fused-ring (bicyclic) bond motifs is 1. The minimum Gasteiger partial charge on any atom is -0.497 e. The van der Waals surface area contributed by atoms with Crippen LogP contribution in [0.1, 0.15) is 24.0 Å². The number of nitriles is 1. The van der Waals surface area contributed by atoms with E-state index in [1.807, 2.05) is 24.3 Å². The number of hydrogen-bond donors (Lipinski definition) is 0. The lowest BCUT2D eigenvalue weighted by molar-refractivity contribution is 0.414. The standard InChI is InChI=1S/C12H11NO/c1-8-5-9(7-13)12-6-10(14-2)3-4-11(8)12/h3-6,8H,1-2H3. The van der Waals surface area contributed by atoms with Crippen molar-refractivity contribution >= 4 is 5.57 Å². The highest BCUT2D eigenvalue weighted by molar-refractivity contribution is 5.84. The third kappa shape index (κ3) is 1.18. The predicted octanol–water partition coefficient (Wildman–Crippen LogP) is 2.72. The number of allylic oxidation sites excluding steroid dienone is 2. The van der Waals surface area contributed by atoms with Crippen molar-refractivity contribution in [2.45, 2.75) is 12.8 Å². The summed E-state index contributed by atoms with van der Waals surface area (Å²) in [6, 6.07) is 8.09. The van der Waals surface area contributed by atoms with Gasteiger partial charge in [0.2, 0.25) is 0 Å². The monoisotopic (exact) mass is 185 g/mol. The summed E-state index contributed by atoms with van der Waals surface area (Å²) in [7, 11) is 1.63. The van der Waals surface area contributed by atoms with E-state index in [0.717, 1.165) is 16.9 Å². The van der Waals surface area contributed by atoms with Crippen LogP contribution in [0.3, 0.4) is 0 Å². The molecule has 1 aromatic carbocycles. The van der Waals surface area contributed by atoms with Crippen molar-refractivity contribution in [1.29, 1.82) is 5.26 Å². The molecule has 0 bridgehead atoms. The van der Waals surface area contributed by atoms with E-state index in [1.165, 1.54) is 5.56 Å². The lowest BCUT2D eigenvalue weighted by Crippen LogP contribution is -1.89. The SMILES string of the molecule is COc1ccc2c(c1)C(C#N)=CC2C. The molecule has 0 amide bonds. The Hall–Kier alpha value is -1.75. The molecule has 0 fully saturated rings. The first-order valence-electron chi connectivity index (χ1n) is 4.56. The van der Waals surface area contributed by atoms with Crippen LogP contribution in [0.25, 0.3) is 5.57 Å². The molecule has 2 rings (SSSR count). The molecule has 0 heterocycles. The molecule has 1 aliphatic rings. The Morgan fingerprint density at radius 1 is 1.43 bits per heavy atom. The van der Waals surface area contributed by atoms with Crippen molar-refractivity contribution in [1.82, 2.24) is 0 Å². The number of hydrogen-bond acceptors (Lipinski definition) is 2. The van der Waals surface area contributed by atoms with E-state index in [1.54, 1.807) is 7.11 Å². The van der Waals surface area contributed by atoms with E-state index in [0.29, 0.717) is 5.92 Å². The Balaban J connectivity index is 2.56. The Labute approximate surface area is 83.4 Å². The zero-order valence-corrected chi connectivity index (χ0v) is 8.24.